The molecule has 15 heavy (non-hydrogen) atoms. The molecule has 0 fully saturated rings. The van der Waals surface area contributed by atoms with Crippen LogP contribution in [0.1, 0.15) is 36.8 Å². The molecule has 0 radical (unpaired) electrons. The first-order valence-corrected chi connectivity index (χ1v) is 5.35. The SMILES string of the molecule is C=CCCCC(NC)c1ccnc(C)n1. The van der Waals surface area contributed by atoms with Crippen LogP contribution in [-0.2, 0) is 0 Å². The lowest BCUT2D eigenvalue weighted by atomic mass is 10.1. The minimum Gasteiger partial charge on any atom is -0.312 e. The second-order valence-electron chi connectivity index (χ2n) is 3.59. The normalized spacial score (nSPS) is 12.4. The summed E-state index contributed by atoms with van der Waals surface area (Å²) in [5.41, 5.74) is 1.08. The summed E-state index contributed by atoms with van der Waals surface area (Å²) in [5.74, 6) is 0.830. The Kier molecular flexibility index (Phi) is 4.98. The molecule has 1 atom stereocenters. The van der Waals surface area contributed by atoms with Crippen LogP contribution < -0.4 is 5.32 Å². The van der Waals surface area contributed by atoms with E-state index in [0.29, 0.717) is 6.04 Å². The first-order valence-electron chi connectivity index (χ1n) is 5.35. The van der Waals surface area contributed by atoms with E-state index in [2.05, 4.69) is 21.9 Å². The minimum absolute atomic E-state index is 0.326. The van der Waals surface area contributed by atoms with E-state index >= 15 is 0 Å². The average molecular weight is 205 g/mol. The molecule has 82 valence electrons. The number of aromatic nitrogens is 2. The minimum atomic E-state index is 0.326. The van der Waals surface area contributed by atoms with Crippen molar-refractivity contribution in [1.82, 2.24) is 15.3 Å². The van der Waals surface area contributed by atoms with Crippen LogP contribution in [0.15, 0.2) is 24.9 Å². The van der Waals surface area contributed by atoms with Gasteiger partial charge in [0.25, 0.3) is 0 Å². The van der Waals surface area contributed by atoms with E-state index in [1.807, 2.05) is 32.3 Å². The largest absolute Gasteiger partial charge is 0.312 e. The molecule has 0 saturated carbocycles. The maximum atomic E-state index is 4.42. The second kappa shape index (κ2) is 6.30. The predicted molar refractivity (Wildman–Crippen MR) is 62.6 cm³/mol. The number of nitrogens with zero attached hydrogens (tertiary/aromatic N) is 2. The number of unbranched alkanes of at least 4 members (excludes halogenated alkanes) is 1. The molecule has 0 amide bonds. The molecule has 1 N–H and O–H groups in total. The lowest BCUT2D eigenvalue weighted by molar-refractivity contribution is 0.516. The Morgan fingerprint density at radius 3 is 3.00 bits per heavy atom. The third-order valence-electron chi connectivity index (χ3n) is 2.40. The topological polar surface area (TPSA) is 37.8 Å². The highest BCUT2D eigenvalue weighted by Gasteiger charge is 2.09. The summed E-state index contributed by atoms with van der Waals surface area (Å²) in [6.07, 6.45) is 7.05. The number of aryl methyl sites for hydroxylation is 1. The Morgan fingerprint density at radius 1 is 1.60 bits per heavy atom. The van der Waals surface area contributed by atoms with Crippen LogP contribution in [-0.4, -0.2) is 17.0 Å². The van der Waals surface area contributed by atoms with Crippen LogP contribution in [0.2, 0.25) is 0 Å². The molecular formula is C12H19N3. The predicted octanol–water partition coefficient (Wildman–Crippen LogP) is 2.40. The highest BCUT2D eigenvalue weighted by molar-refractivity contribution is 5.07. The second-order valence-corrected chi connectivity index (χ2v) is 3.59. The van der Waals surface area contributed by atoms with Crippen molar-refractivity contribution in [3.8, 4) is 0 Å². The van der Waals surface area contributed by atoms with Gasteiger partial charge < -0.3 is 5.32 Å². The van der Waals surface area contributed by atoms with E-state index in [0.717, 1.165) is 30.8 Å². The Balaban J connectivity index is 2.61. The lowest BCUT2D eigenvalue weighted by Crippen LogP contribution is -2.18. The van der Waals surface area contributed by atoms with Gasteiger partial charge in [0.1, 0.15) is 5.82 Å². The quantitative estimate of drug-likeness (QED) is 0.572. The molecule has 0 aliphatic rings. The molecule has 1 heterocycles. The molecule has 0 spiro atoms. The molecular weight excluding hydrogens is 186 g/mol. The van der Waals surface area contributed by atoms with Gasteiger partial charge in [-0.15, -0.1) is 6.58 Å². The van der Waals surface area contributed by atoms with Crippen molar-refractivity contribution in [1.29, 1.82) is 0 Å². The lowest BCUT2D eigenvalue weighted by Gasteiger charge is -2.15. The molecule has 0 saturated heterocycles. The van der Waals surface area contributed by atoms with Gasteiger partial charge in [-0.3, -0.25) is 0 Å². The van der Waals surface area contributed by atoms with E-state index in [-0.39, 0.29) is 0 Å². The summed E-state index contributed by atoms with van der Waals surface area (Å²) >= 11 is 0. The van der Waals surface area contributed by atoms with Crippen molar-refractivity contribution in [2.24, 2.45) is 0 Å². The van der Waals surface area contributed by atoms with E-state index in [1.54, 1.807) is 0 Å². The summed E-state index contributed by atoms with van der Waals surface area (Å²) in [7, 11) is 1.97. The summed E-state index contributed by atoms with van der Waals surface area (Å²) in [4.78, 5) is 8.52. The number of hydrogen-bond acceptors (Lipinski definition) is 3. The standard InChI is InChI=1S/C12H19N3/c1-4-5-6-7-11(13-3)12-8-9-14-10(2)15-12/h4,8-9,11,13H,1,5-7H2,2-3H3. The summed E-state index contributed by atoms with van der Waals surface area (Å²) < 4.78 is 0. The summed E-state index contributed by atoms with van der Waals surface area (Å²) in [6, 6.07) is 2.30. The molecule has 1 unspecified atom stereocenters. The maximum absolute atomic E-state index is 4.42. The van der Waals surface area contributed by atoms with Gasteiger partial charge in [-0.1, -0.05) is 6.08 Å². The third kappa shape index (κ3) is 3.80. The Bertz CT molecular complexity index is 309. The third-order valence-corrected chi connectivity index (χ3v) is 2.40. The Hall–Kier alpha value is -1.22. The van der Waals surface area contributed by atoms with E-state index in [1.165, 1.54) is 0 Å². The van der Waals surface area contributed by atoms with Crippen LogP contribution in [0.4, 0.5) is 0 Å². The molecule has 0 aliphatic carbocycles. The zero-order valence-corrected chi connectivity index (χ0v) is 9.53. The van der Waals surface area contributed by atoms with E-state index in [9.17, 15) is 0 Å². The first-order chi connectivity index (χ1) is 7.27. The summed E-state index contributed by atoms with van der Waals surface area (Å²) in [6.45, 7) is 5.64. The first kappa shape index (κ1) is 11.9. The van der Waals surface area contributed by atoms with Gasteiger partial charge in [0, 0.05) is 12.2 Å². The number of rotatable bonds is 6. The number of allylic oxidation sites excluding steroid dienone is 1. The van der Waals surface area contributed by atoms with Gasteiger partial charge >= 0.3 is 0 Å². The van der Waals surface area contributed by atoms with Crippen LogP contribution in [0, 0.1) is 6.92 Å². The highest BCUT2D eigenvalue weighted by Crippen LogP contribution is 2.16. The summed E-state index contributed by atoms with van der Waals surface area (Å²) in [5, 5.41) is 3.28. The van der Waals surface area contributed by atoms with Crippen LogP contribution >= 0.6 is 0 Å². The van der Waals surface area contributed by atoms with Crippen molar-refractivity contribution >= 4 is 0 Å². The molecule has 0 aliphatic heterocycles. The molecule has 1 rings (SSSR count). The molecule has 0 aromatic carbocycles. The number of hydrogen-bond donors (Lipinski definition) is 1. The monoisotopic (exact) mass is 205 g/mol. The van der Waals surface area contributed by atoms with Crippen LogP contribution in [0.25, 0.3) is 0 Å². The van der Waals surface area contributed by atoms with Crippen molar-refractivity contribution in [3.05, 3.63) is 36.4 Å². The fourth-order valence-electron chi connectivity index (χ4n) is 1.57. The average Bonchev–Trinajstić information content (AvgIpc) is 2.24. The van der Waals surface area contributed by atoms with Crippen LogP contribution in [0.5, 0.6) is 0 Å². The highest BCUT2D eigenvalue weighted by atomic mass is 14.9. The Morgan fingerprint density at radius 2 is 2.40 bits per heavy atom. The fourth-order valence-corrected chi connectivity index (χ4v) is 1.57. The van der Waals surface area contributed by atoms with Gasteiger partial charge in [-0.2, -0.15) is 0 Å². The van der Waals surface area contributed by atoms with E-state index in [4.69, 9.17) is 0 Å². The smallest absolute Gasteiger partial charge is 0.125 e. The molecule has 0 bridgehead atoms. The van der Waals surface area contributed by atoms with E-state index < -0.39 is 0 Å². The van der Waals surface area contributed by atoms with Crippen molar-refractivity contribution in [3.63, 3.8) is 0 Å². The van der Waals surface area contributed by atoms with Crippen molar-refractivity contribution < 1.29 is 0 Å². The fraction of sp³-hybridized carbons (Fsp3) is 0.500. The molecule has 1 aromatic heterocycles. The van der Waals surface area contributed by atoms with Crippen molar-refractivity contribution in [2.45, 2.75) is 32.2 Å². The van der Waals surface area contributed by atoms with Crippen molar-refractivity contribution in [2.75, 3.05) is 7.05 Å². The van der Waals surface area contributed by atoms with Gasteiger partial charge in [0.05, 0.1) is 5.69 Å². The Labute approximate surface area is 91.7 Å². The van der Waals surface area contributed by atoms with Gasteiger partial charge in [0.2, 0.25) is 0 Å². The van der Waals surface area contributed by atoms with Crippen LogP contribution in [0.3, 0.4) is 0 Å². The zero-order valence-electron chi connectivity index (χ0n) is 9.53. The maximum Gasteiger partial charge on any atom is 0.125 e. The zero-order chi connectivity index (χ0) is 11.1. The van der Waals surface area contributed by atoms with Gasteiger partial charge in [0.15, 0.2) is 0 Å². The molecule has 1 aromatic rings. The molecule has 3 nitrogen and oxygen atoms in total. The number of nitrogens with one attached hydrogen (secondary N) is 1. The van der Waals surface area contributed by atoms with Gasteiger partial charge in [-0.05, 0) is 39.3 Å². The van der Waals surface area contributed by atoms with Gasteiger partial charge in [-0.25, -0.2) is 9.97 Å². The molecule has 3 heteroatoms.